The van der Waals surface area contributed by atoms with Crippen LogP contribution in [-0.2, 0) is 4.74 Å². The average molecular weight is 344 g/mol. The van der Waals surface area contributed by atoms with Crippen LogP contribution in [0.5, 0.6) is 5.75 Å². The molecule has 1 fully saturated rings. The number of hydrogen-bond acceptors (Lipinski definition) is 6. The number of aromatic nitrogens is 2. The van der Waals surface area contributed by atoms with E-state index in [1.165, 1.54) is 4.90 Å². The summed E-state index contributed by atoms with van der Waals surface area (Å²) in [6.07, 6.45) is 3.34. The van der Waals surface area contributed by atoms with Crippen molar-refractivity contribution in [3.8, 4) is 5.75 Å². The number of amides is 1. The molecule has 0 bridgehead atoms. The Bertz CT molecular complexity index is 583. The average Bonchev–Trinajstić information content (AvgIpc) is 2.91. The first-order valence-corrected chi connectivity index (χ1v) is 7.92. The Balaban J connectivity index is 2.51. The van der Waals surface area contributed by atoms with E-state index in [1.807, 2.05) is 0 Å². The maximum absolute atomic E-state index is 12.8. The number of nitrogens with zero attached hydrogens (tertiary/aromatic N) is 3. The highest BCUT2D eigenvalue weighted by molar-refractivity contribution is 6.28. The van der Waals surface area contributed by atoms with Crippen LogP contribution in [0.25, 0.3) is 0 Å². The lowest BCUT2D eigenvalue weighted by Gasteiger charge is -2.39. The molecule has 0 atom stereocenters. The van der Waals surface area contributed by atoms with Crippen molar-refractivity contribution in [1.82, 2.24) is 9.97 Å². The quantitative estimate of drug-likeness (QED) is 0.819. The zero-order chi connectivity index (χ0) is 17.3. The minimum Gasteiger partial charge on any atom is -0.503 e. The van der Waals surface area contributed by atoms with Gasteiger partial charge in [0.05, 0.1) is 18.3 Å². The fraction of sp³-hybridized carbons (Fsp3) is 0.667. The van der Waals surface area contributed by atoms with Crippen LogP contribution >= 0.6 is 11.6 Å². The Morgan fingerprint density at radius 3 is 2.57 bits per heavy atom. The van der Waals surface area contributed by atoms with E-state index in [9.17, 15) is 15.0 Å². The maximum atomic E-state index is 12.8. The molecule has 0 saturated heterocycles. The van der Waals surface area contributed by atoms with Crippen molar-refractivity contribution in [2.24, 2.45) is 0 Å². The van der Waals surface area contributed by atoms with E-state index < -0.39 is 17.2 Å². The van der Waals surface area contributed by atoms with E-state index >= 15 is 0 Å². The van der Waals surface area contributed by atoms with Gasteiger partial charge in [-0.15, -0.1) is 0 Å². The highest BCUT2D eigenvalue weighted by Gasteiger charge is 2.46. The van der Waals surface area contributed by atoms with Gasteiger partial charge in [0.1, 0.15) is 5.60 Å². The largest absolute Gasteiger partial charge is 0.503 e. The van der Waals surface area contributed by atoms with Crippen LogP contribution in [0.3, 0.4) is 0 Å². The third kappa shape index (κ3) is 3.84. The van der Waals surface area contributed by atoms with Gasteiger partial charge in [0.15, 0.2) is 11.6 Å². The molecule has 1 aromatic heterocycles. The number of rotatable bonds is 3. The molecule has 0 radical (unpaired) electrons. The van der Waals surface area contributed by atoms with Crippen molar-refractivity contribution in [3.05, 3.63) is 11.5 Å². The lowest BCUT2D eigenvalue weighted by Crippen LogP contribution is -2.54. The van der Waals surface area contributed by atoms with Crippen LogP contribution in [0.1, 0.15) is 46.5 Å². The number of hydrogen-bond donors (Lipinski definition) is 2. The second-order valence-corrected chi connectivity index (χ2v) is 7.09. The first kappa shape index (κ1) is 17.7. The number of anilines is 1. The minimum absolute atomic E-state index is 0.0461. The van der Waals surface area contributed by atoms with Crippen molar-refractivity contribution in [1.29, 1.82) is 0 Å². The lowest BCUT2D eigenvalue weighted by atomic mass is 9.96. The van der Waals surface area contributed by atoms with Gasteiger partial charge in [-0.25, -0.2) is 14.7 Å². The summed E-state index contributed by atoms with van der Waals surface area (Å²) in [5.74, 6) is -0.338. The zero-order valence-electron chi connectivity index (χ0n) is 13.5. The van der Waals surface area contributed by atoms with E-state index in [0.29, 0.717) is 12.8 Å². The third-order valence-corrected chi connectivity index (χ3v) is 3.99. The second kappa shape index (κ2) is 6.49. The van der Waals surface area contributed by atoms with Crippen LogP contribution in [0.15, 0.2) is 6.20 Å². The number of ether oxygens (including phenoxy) is 1. The molecular formula is C15H22ClN3O4. The van der Waals surface area contributed by atoms with Gasteiger partial charge < -0.3 is 14.9 Å². The normalized spacial score (nSPS) is 17.1. The summed E-state index contributed by atoms with van der Waals surface area (Å²) in [5, 5.41) is 20.0. The summed E-state index contributed by atoms with van der Waals surface area (Å²) in [6.45, 7) is 4.98. The van der Waals surface area contributed by atoms with Crippen molar-refractivity contribution in [2.75, 3.05) is 11.5 Å². The molecule has 23 heavy (non-hydrogen) atoms. The molecule has 1 heterocycles. The number of aliphatic hydroxyl groups is 1. The number of aromatic hydroxyl groups is 1. The van der Waals surface area contributed by atoms with Gasteiger partial charge in [-0.3, -0.25) is 0 Å². The number of carbonyl (C=O) groups excluding carboxylic acids is 1. The fourth-order valence-electron chi connectivity index (χ4n) is 2.81. The van der Waals surface area contributed by atoms with Crippen LogP contribution in [0, 0.1) is 0 Å². The lowest BCUT2D eigenvalue weighted by molar-refractivity contribution is 0.0497. The molecule has 1 amide bonds. The summed E-state index contributed by atoms with van der Waals surface area (Å²) < 4.78 is 5.45. The smallest absolute Gasteiger partial charge is 0.416 e. The van der Waals surface area contributed by atoms with Crippen molar-refractivity contribution in [3.63, 3.8) is 0 Å². The molecule has 0 spiro atoms. The first-order chi connectivity index (χ1) is 10.7. The zero-order valence-corrected chi connectivity index (χ0v) is 14.3. The molecule has 2 N–H and O–H groups in total. The van der Waals surface area contributed by atoms with Crippen molar-refractivity contribution >= 4 is 23.5 Å². The summed E-state index contributed by atoms with van der Waals surface area (Å²) in [5.41, 5.74) is -1.59. The van der Waals surface area contributed by atoms with Gasteiger partial charge in [-0.05, 0) is 45.2 Å². The molecular weight excluding hydrogens is 322 g/mol. The van der Waals surface area contributed by atoms with Gasteiger partial charge >= 0.3 is 6.09 Å². The van der Waals surface area contributed by atoms with Gasteiger partial charge in [0.25, 0.3) is 0 Å². The standard InChI is InChI=1S/C15H22ClN3O4/c1-14(2,3)23-13(22)19(15(9-20)6-4-5-7-15)11-10(21)8-17-12(16)18-11/h8,20-21H,4-7,9H2,1-3H3. The molecule has 0 aromatic carbocycles. The molecule has 1 aliphatic rings. The fourth-order valence-corrected chi connectivity index (χ4v) is 2.94. The third-order valence-electron chi connectivity index (χ3n) is 3.81. The predicted molar refractivity (Wildman–Crippen MR) is 85.7 cm³/mol. The number of carbonyl (C=O) groups is 1. The summed E-state index contributed by atoms with van der Waals surface area (Å²) in [7, 11) is 0. The molecule has 7 nitrogen and oxygen atoms in total. The Hall–Kier alpha value is -1.60. The molecule has 0 unspecified atom stereocenters. The predicted octanol–water partition coefficient (Wildman–Crippen LogP) is 2.88. The van der Waals surface area contributed by atoms with Gasteiger partial charge in [0, 0.05) is 0 Å². The van der Waals surface area contributed by atoms with E-state index in [1.54, 1.807) is 20.8 Å². The van der Waals surface area contributed by atoms with Crippen LogP contribution in [-0.4, -0.2) is 44.0 Å². The van der Waals surface area contributed by atoms with E-state index in [0.717, 1.165) is 19.0 Å². The molecule has 1 saturated carbocycles. The summed E-state index contributed by atoms with van der Waals surface area (Å²) in [4.78, 5) is 21.7. The van der Waals surface area contributed by atoms with Crippen LogP contribution in [0.4, 0.5) is 10.6 Å². The Morgan fingerprint density at radius 1 is 1.43 bits per heavy atom. The molecule has 1 aliphatic carbocycles. The topological polar surface area (TPSA) is 95.8 Å². The van der Waals surface area contributed by atoms with E-state index in [2.05, 4.69) is 9.97 Å². The Labute approximate surface area is 140 Å². The van der Waals surface area contributed by atoms with Crippen molar-refractivity contribution < 1.29 is 19.7 Å². The molecule has 8 heteroatoms. The van der Waals surface area contributed by atoms with E-state index in [-0.39, 0.29) is 23.5 Å². The molecule has 1 aromatic rings. The van der Waals surface area contributed by atoms with Crippen molar-refractivity contribution in [2.45, 2.75) is 57.6 Å². The molecule has 128 valence electrons. The monoisotopic (exact) mass is 343 g/mol. The SMILES string of the molecule is CC(C)(C)OC(=O)N(c1nc(Cl)ncc1O)C1(CO)CCCC1. The number of aliphatic hydroxyl groups excluding tert-OH is 1. The molecule has 0 aliphatic heterocycles. The minimum atomic E-state index is -0.864. The second-order valence-electron chi connectivity index (χ2n) is 6.75. The van der Waals surface area contributed by atoms with Crippen LogP contribution in [0.2, 0.25) is 5.28 Å². The van der Waals surface area contributed by atoms with Gasteiger partial charge in [-0.2, -0.15) is 4.98 Å². The highest BCUT2D eigenvalue weighted by atomic mass is 35.5. The van der Waals surface area contributed by atoms with Gasteiger partial charge in [0.2, 0.25) is 5.28 Å². The number of halogens is 1. The Morgan fingerprint density at radius 2 is 2.04 bits per heavy atom. The van der Waals surface area contributed by atoms with Crippen LogP contribution < -0.4 is 4.90 Å². The molecule has 2 rings (SSSR count). The highest BCUT2D eigenvalue weighted by Crippen LogP contribution is 2.41. The van der Waals surface area contributed by atoms with E-state index in [4.69, 9.17) is 16.3 Å². The summed E-state index contributed by atoms with van der Waals surface area (Å²) >= 11 is 5.82. The maximum Gasteiger partial charge on any atom is 0.416 e. The summed E-state index contributed by atoms with van der Waals surface area (Å²) in [6, 6.07) is 0. The Kier molecular flexibility index (Phi) is 5.01. The van der Waals surface area contributed by atoms with Gasteiger partial charge in [-0.1, -0.05) is 12.8 Å². The first-order valence-electron chi connectivity index (χ1n) is 7.54.